The smallest absolute Gasteiger partial charge is 0.407 e. The van der Waals surface area contributed by atoms with Gasteiger partial charge in [0.25, 0.3) is 0 Å². The maximum atomic E-state index is 12.7. The van der Waals surface area contributed by atoms with Crippen LogP contribution in [0.25, 0.3) is 0 Å². The second-order valence-corrected chi connectivity index (χ2v) is 8.05. The third-order valence-corrected chi connectivity index (χ3v) is 5.39. The van der Waals surface area contributed by atoms with E-state index in [9.17, 15) is 19.5 Å². The highest BCUT2D eigenvalue weighted by Crippen LogP contribution is 2.28. The molecule has 0 unspecified atom stereocenters. The molecule has 0 fully saturated rings. The lowest BCUT2D eigenvalue weighted by molar-refractivity contribution is -0.128. The van der Waals surface area contributed by atoms with Gasteiger partial charge in [0.05, 0.1) is 12.5 Å². The molecule has 0 saturated carbocycles. The number of hydrogen-bond donors (Lipinski definition) is 4. The Morgan fingerprint density at radius 3 is 1.86 bits per heavy atom. The van der Waals surface area contributed by atoms with Gasteiger partial charge in [-0.1, -0.05) is 91.0 Å². The van der Waals surface area contributed by atoms with Crippen LogP contribution in [0.1, 0.15) is 29.0 Å². The molecule has 3 aromatic rings. The Morgan fingerprint density at radius 1 is 0.829 bits per heavy atom. The van der Waals surface area contributed by atoms with Crippen LogP contribution in [0.3, 0.4) is 0 Å². The van der Waals surface area contributed by atoms with Crippen LogP contribution in [0.2, 0.25) is 0 Å². The zero-order chi connectivity index (χ0) is 25.0. The van der Waals surface area contributed by atoms with Crippen molar-refractivity contribution < 1.29 is 24.2 Å². The van der Waals surface area contributed by atoms with Crippen molar-refractivity contribution in [3.63, 3.8) is 0 Å². The molecule has 5 N–H and O–H groups in total. The molecule has 0 aliphatic rings. The van der Waals surface area contributed by atoms with Crippen molar-refractivity contribution in [3.05, 3.63) is 108 Å². The first-order chi connectivity index (χ1) is 16.9. The quantitative estimate of drug-likeness (QED) is 0.338. The number of amides is 3. The minimum atomic E-state index is -1.18. The SMILES string of the molecule is NC(=O)[C@H](NC(=O)C[C@@H](O)CNC(=O)OCc1ccccc1)C(c1ccccc1)c1ccccc1. The fraction of sp³-hybridized carbons (Fsp3) is 0.222. The molecule has 8 nitrogen and oxygen atoms in total. The van der Waals surface area contributed by atoms with Crippen LogP contribution in [0, 0.1) is 0 Å². The van der Waals surface area contributed by atoms with E-state index in [0.29, 0.717) is 0 Å². The van der Waals surface area contributed by atoms with Gasteiger partial charge in [0.1, 0.15) is 12.6 Å². The monoisotopic (exact) mass is 475 g/mol. The van der Waals surface area contributed by atoms with Crippen LogP contribution < -0.4 is 16.4 Å². The molecule has 0 aliphatic heterocycles. The lowest BCUT2D eigenvalue weighted by Gasteiger charge is -2.27. The molecule has 0 spiro atoms. The van der Waals surface area contributed by atoms with Crippen LogP contribution in [0.5, 0.6) is 0 Å². The van der Waals surface area contributed by atoms with E-state index < -0.39 is 36.0 Å². The third-order valence-electron chi connectivity index (χ3n) is 5.39. The summed E-state index contributed by atoms with van der Waals surface area (Å²) in [5.74, 6) is -1.78. The predicted molar refractivity (Wildman–Crippen MR) is 131 cm³/mol. The zero-order valence-corrected chi connectivity index (χ0v) is 19.2. The highest BCUT2D eigenvalue weighted by Gasteiger charge is 2.31. The number of carbonyl (C=O) groups is 3. The van der Waals surface area contributed by atoms with Crippen molar-refractivity contribution in [1.29, 1.82) is 0 Å². The number of alkyl carbamates (subject to hydrolysis) is 1. The van der Waals surface area contributed by atoms with E-state index in [1.807, 2.05) is 91.0 Å². The Bertz CT molecular complexity index is 1050. The molecule has 0 heterocycles. The van der Waals surface area contributed by atoms with Gasteiger partial charge in [-0.3, -0.25) is 9.59 Å². The summed E-state index contributed by atoms with van der Waals surface area (Å²) in [4.78, 5) is 36.9. The standard InChI is InChI=1S/C27H29N3O5/c28-26(33)25(24(20-12-6-2-7-13-20)21-14-8-3-9-15-21)30-23(32)16-22(31)17-29-27(34)35-18-19-10-4-1-5-11-19/h1-15,22,24-25,31H,16-18H2,(H2,28,33)(H,29,34)(H,30,32)/t22-,25-/m1/s1. The Balaban J connectivity index is 1.57. The summed E-state index contributed by atoms with van der Waals surface area (Å²) in [6.45, 7) is -0.104. The number of ether oxygens (including phenoxy) is 1. The Morgan fingerprint density at radius 2 is 1.34 bits per heavy atom. The van der Waals surface area contributed by atoms with E-state index in [0.717, 1.165) is 16.7 Å². The van der Waals surface area contributed by atoms with Crippen molar-refractivity contribution in [1.82, 2.24) is 10.6 Å². The Kier molecular flexibility index (Phi) is 9.39. The lowest BCUT2D eigenvalue weighted by atomic mass is 9.84. The summed E-state index contributed by atoms with van der Waals surface area (Å²) in [5, 5.41) is 15.3. The van der Waals surface area contributed by atoms with Crippen molar-refractivity contribution in [2.75, 3.05) is 6.54 Å². The number of nitrogens with two attached hydrogens (primary N) is 1. The summed E-state index contributed by atoms with van der Waals surface area (Å²) < 4.78 is 5.09. The Hall–Kier alpha value is -4.17. The first-order valence-electron chi connectivity index (χ1n) is 11.2. The second-order valence-electron chi connectivity index (χ2n) is 8.05. The van der Waals surface area contributed by atoms with Gasteiger partial charge in [-0.05, 0) is 16.7 Å². The molecule has 0 saturated heterocycles. The van der Waals surface area contributed by atoms with Gasteiger partial charge >= 0.3 is 6.09 Å². The first-order valence-corrected chi connectivity index (χ1v) is 11.2. The number of hydrogen-bond acceptors (Lipinski definition) is 5. The minimum Gasteiger partial charge on any atom is -0.445 e. The highest BCUT2D eigenvalue weighted by molar-refractivity contribution is 5.88. The largest absolute Gasteiger partial charge is 0.445 e. The molecule has 2 atom stereocenters. The molecule has 3 rings (SSSR count). The lowest BCUT2D eigenvalue weighted by Crippen LogP contribution is -2.49. The topological polar surface area (TPSA) is 131 Å². The van der Waals surface area contributed by atoms with Gasteiger partial charge in [-0.25, -0.2) is 4.79 Å². The van der Waals surface area contributed by atoms with E-state index >= 15 is 0 Å². The number of rotatable bonds is 11. The summed E-state index contributed by atoms with van der Waals surface area (Å²) in [5.41, 5.74) is 8.13. The molecule has 182 valence electrons. The number of primary amides is 1. The molecule has 3 aromatic carbocycles. The van der Waals surface area contributed by atoms with E-state index in [1.165, 1.54) is 0 Å². The van der Waals surface area contributed by atoms with E-state index in [1.54, 1.807) is 0 Å². The van der Waals surface area contributed by atoms with Crippen LogP contribution in [-0.2, 0) is 20.9 Å². The van der Waals surface area contributed by atoms with Gasteiger partial charge in [0.15, 0.2) is 0 Å². The first kappa shape index (κ1) is 25.5. The summed E-state index contributed by atoms with van der Waals surface area (Å²) >= 11 is 0. The molecule has 0 aliphatic carbocycles. The van der Waals surface area contributed by atoms with Crippen LogP contribution in [0.15, 0.2) is 91.0 Å². The molecule has 3 amide bonds. The summed E-state index contributed by atoms with van der Waals surface area (Å²) in [7, 11) is 0. The van der Waals surface area contributed by atoms with E-state index in [4.69, 9.17) is 10.5 Å². The van der Waals surface area contributed by atoms with Gasteiger partial charge in [-0.15, -0.1) is 0 Å². The normalized spacial score (nSPS) is 12.4. The number of nitrogens with one attached hydrogen (secondary N) is 2. The van der Waals surface area contributed by atoms with Gasteiger partial charge < -0.3 is 26.2 Å². The van der Waals surface area contributed by atoms with Gasteiger partial charge in [0.2, 0.25) is 11.8 Å². The van der Waals surface area contributed by atoms with Crippen molar-refractivity contribution in [2.45, 2.75) is 31.1 Å². The number of carbonyl (C=O) groups excluding carboxylic acids is 3. The van der Waals surface area contributed by atoms with Crippen molar-refractivity contribution >= 4 is 17.9 Å². The van der Waals surface area contributed by atoms with Crippen molar-refractivity contribution in [2.24, 2.45) is 5.73 Å². The Labute approximate surface area is 204 Å². The minimum absolute atomic E-state index is 0.0872. The average molecular weight is 476 g/mol. The molecular weight excluding hydrogens is 446 g/mol. The molecule has 35 heavy (non-hydrogen) atoms. The van der Waals surface area contributed by atoms with Gasteiger partial charge in [-0.2, -0.15) is 0 Å². The third kappa shape index (κ3) is 7.97. The van der Waals surface area contributed by atoms with Crippen LogP contribution >= 0.6 is 0 Å². The van der Waals surface area contributed by atoms with Gasteiger partial charge in [0, 0.05) is 12.5 Å². The molecule has 0 aromatic heterocycles. The number of benzene rings is 3. The van der Waals surface area contributed by atoms with E-state index in [2.05, 4.69) is 10.6 Å². The zero-order valence-electron chi connectivity index (χ0n) is 19.2. The van der Waals surface area contributed by atoms with Crippen LogP contribution in [0.4, 0.5) is 4.79 Å². The number of aliphatic hydroxyl groups excluding tert-OH is 1. The highest BCUT2D eigenvalue weighted by atomic mass is 16.5. The molecular formula is C27H29N3O5. The van der Waals surface area contributed by atoms with E-state index in [-0.39, 0.29) is 19.6 Å². The molecule has 0 radical (unpaired) electrons. The molecule has 8 heteroatoms. The summed E-state index contributed by atoms with van der Waals surface area (Å²) in [6.07, 6.45) is -2.23. The maximum Gasteiger partial charge on any atom is 0.407 e. The van der Waals surface area contributed by atoms with Crippen molar-refractivity contribution in [3.8, 4) is 0 Å². The summed E-state index contributed by atoms with van der Waals surface area (Å²) in [6, 6.07) is 26.7. The average Bonchev–Trinajstić information content (AvgIpc) is 2.87. The number of aliphatic hydroxyl groups is 1. The van der Waals surface area contributed by atoms with Crippen LogP contribution in [-0.4, -0.2) is 41.7 Å². The predicted octanol–water partition coefficient (Wildman–Crippen LogP) is 2.47. The fourth-order valence-corrected chi connectivity index (χ4v) is 3.71. The second kappa shape index (κ2) is 12.9. The maximum absolute atomic E-state index is 12.7. The fourth-order valence-electron chi connectivity index (χ4n) is 3.71. The molecule has 0 bridgehead atoms.